The fourth-order valence-electron chi connectivity index (χ4n) is 2.03. The van der Waals surface area contributed by atoms with Crippen molar-refractivity contribution in [3.8, 4) is 0 Å². The van der Waals surface area contributed by atoms with Crippen LogP contribution >= 0.6 is 0 Å². The summed E-state index contributed by atoms with van der Waals surface area (Å²) in [5, 5.41) is 12.6. The molecule has 0 spiro atoms. The van der Waals surface area contributed by atoms with Crippen LogP contribution in [-0.4, -0.2) is 5.11 Å². The number of aliphatic hydroxyl groups excluding tert-OH is 1. The number of benzene rings is 2. The highest BCUT2D eigenvalue weighted by atomic mass is 16.3. The van der Waals surface area contributed by atoms with Crippen LogP contribution in [0.2, 0.25) is 0 Å². The third-order valence-electron chi connectivity index (χ3n) is 3.03. The highest BCUT2D eigenvalue weighted by Crippen LogP contribution is 2.20. The van der Waals surface area contributed by atoms with E-state index in [9.17, 15) is 0 Å². The molecule has 0 fully saturated rings. The van der Waals surface area contributed by atoms with E-state index in [1.807, 2.05) is 24.3 Å². The summed E-state index contributed by atoms with van der Waals surface area (Å²) in [5.74, 6) is 0. The Bertz CT molecular complexity index is 522. The van der Waals surface area contributed by atoms with Gasteiger partial charge in [0.1, 0.15) is 0 Å². The second-order valence-electron chi connectivity index (χ2n) is 4.64. The largest absolute Gasteiger partial charge is 0.392 e. The van der Waals surface area contributed by atoms with Gasteiger partial charge < -0.3 is 10.4 Å². The van der Waals surface area contributed by atoms with Gasteiger partial charge in [-0.15, -0.1) is 0 Å². The zero-order valence-corrected chi connectivity index (χ0v) is 10.9. The van der Waals surface area contributed by atoms with Gasteiger partial charge in [-0.3, -0.25) is 0 Å². The topological polar surface area (TPSA) is 32.3 Å². The van der Waals surface area contributed by atoms with Crippen molar-refractivity contribution in [2.24, 2.45) is 0 Å². The van der Waals surface area contributed by atoms with Crippen LogP contribution in [0.25, 0.3) is 0 Å². The first kappa shape index (κ1) is 12.7. The minimum atomic E-state index is 0.0777. The molecule has 2 aromatic rings. The molecule has 2 rings (SSSR count). The first-order chi connectivity index (χ1) is 8.69. The molecule has 2 aromatic carbocycles. The molecule has 0 bridgehead atoms. The molecule has 0 radical (unpaired) electrons. The van der Waals surface area contributed by atoms with Gasteiger partial charge in [-0.2, -0.15) is 0 Å². The Kier molecular flexibility index (Phi) is 4.00. The van der Waals surface area contributed by atoms with Gasteiger partial charge in [0.15, 0.2) is 0 Å². The van der Waals surface area contributed by atoms with Crippen molar-refractivity contribution < 1.29 is 5.11 Å². The number of hydrogen-bond donors (Lipinski definition) is 2. The minimum absolute atomic E-state index is 0.0777. The average Bonchev–Trinajstić information content (AvgIpc) is 2.39. The summed E-state index contributed by atoms with van der Waals surface area (Å²) in [7, 11) is 0. The molecule has 0 saturated heterocycles. The van der Waals surface area contributed by atoms with Crippen molar-refractivity contribution in [3.05, 3.63) is 65.2 Å². The fourth-order valence-corrected chi connectivity index (χ4v) is 2.03. The molecular weight excluding hydrogens is 222 g/mol. The summed E-state index contributed by atoms with van der Waals surface area (Å²) >= 11 is 0. The van der Waals surface area contributed by atoms with E-state index in [4.69, 9.17) is 5.11 Å². The summed E-state index contributed by atoms with van der Waals surface area (Å²) in [5.41, 5.74) is 4.50. The quantitative estimate of drug-likeness (QED) is 0.856. The molecule has 18 heavy (non-hydrogen) atoms. The molecule has 0 amide bonds. The molecule has 0 aromatic heterocycles. The Morgan fingerprint density at radius 2 is 1.89 bits per heavy atom. The Balaban J connectivity index is 2.13. The Morgan fingerprint density at radius 3 is 2.61 bits per heavy atom. The highest BCUT2D eigenvalue weighted by Gasteiger charge is 2.05. The van der Waals surface area contributed by atoms with E-state index in [0.29, 0.717) is 0 Å². The summed E-state index contributed by atoms with van der Waals surface area (Å²) in [6, 6.07) is 16.6. The molecule has 0 aliphatic rings. The smallest absolute Gasteiger partial charge is 0.0682 e. The van der Waals surface area contributed by atoms with Crippen molar-refractivity contribution in [2.45, 2.75) is 26.5 Å². The van der Waals surface area contributed by atoms with Crippen molar-refractivity contribution >= 4 is 5.69 Å². The molecular formula is C16H19NO. The number of aryl methyl sites for hydroxylation is 1. The monoisotopic (exact) mass is 241 g/mol. The Hall–Kier alpha value is -1.80. The summed E-state index contributed by atoms with van der Waals surface area (Å²) < 4.78 is 0. The van der Waals surface area contributed by atoms with E-state index < -0.39 is 0 Å². The molecule has 2 nitrogen and oxygen atoms in total. The van der Waals surface area contributed by atoms with E-state index in [1.54, 1.807) is 0 Å². The predicted molar refractivity (Wildman–Crippen MR) is 75.6 cm³/mol. The number of hydrogen-bond acceptors (Lipinski definition) is 2. The lowest BCUT2D eigenvalue weighted by Crippen LogP contribution is -2.06. The van der Waals surface area contributed by atoms with E-state index in [0.717, 1.165) is 11.3 Å². The molecule has 1 unspecified atom stereocenters. The van der Waals surface area contributed by atoms with Crippen molar-refractivity contribution in [2.75, 3.05) is 5.32 Å². The van der Waals surface area contributed by atoms with E-state index in [2.05, 4.69) is 43.4 Å². The van der Waals surface area contributed by atoms with Crippen LogP contribution in [0.1, 0.15) is 29.7 Å². The van der Waals surface area contributed by atoms with Crippen LogP contribution < -0.4 is 5.32 Å². The lowest BCUT2D eigenvalue weighted by atomic mass is 10.1. The first-order valence-corrected chi connectivity index (χ1v) is 6.22. The van der Waals surface area contributed by atoms with Crippen molar-refractivity contribution in [3.63, 3.8) is 0 Å². The standard InChI is InChI=1S/C16H19NO/c1-12-5-3-7-15(9-12)13(2)17-16-8-4-6-14(10-16)11-18/h3-10,13,17-18H,11H2,1-2H3. The molecule has 0 saturated carbocycles. The maximum atomic E-state index is 9.12. The third kappa shape index (κ3) is 3.11. The highest BCUT2D eigenvalue weighted by molar-refractivity contribution is 5.47. The third-order valence-corrected chi connectivity index (χ3v) is 3.03. The van der Waals surface area contributed by atoms with Crippen molar-refractivity contribution in [1.29, 1.82) is 0 Å². The van der Waals surface area contributed by atoms with E-state index in [-0.39, 0.29) is 12.6 Å². The van der Waals surface area contributed by atoms with Crippen LogP contribution in [0, 0.1) is 6.92 Å². The minimum Gasteiger partial charge on any atom is -0.392 e. The zero-order valence-electron chi connectivity index (χ0n) is 10.9. The van der Waals surface area contributed by atoms with Gasteiger partial charge in [0.2, 0.25) is 0 Å². The molecule has 2 heteroatoms. The predicted octanol–water partition coefficient (Wildman–Crippen LogP) is 3.66. The molecule has 94 valence electrons. The fraction of sp³-hybridized carbons (Fsp3) is 0.250. The van der Waals surface area contributed by atoms with Gasteiger partial charge >= 0.3 is 0 Å². The molecule has 2 N–H and O–H groups in total. The molecule has 0 aliphatic heterocycles. The SMILES string of the molecule is Cc1cccc(C(C)Nc2cccc(CO)c2)c1. The zero-order chi connectivity index (χ0) is 13.0. The van der Waals surface area contributed by atoms with Crippen LogP contribution in [0.3, 0.4) is 0 Å². The van der Waals surface area contributed by atoms with Gasteiger partial charge in [-0.25, -0.2) is 0 Å². The van der Waals surface area contributed by atoms with Gasteiger partial charge in [0.25, 0.3) is 0 Å². The first-order valence-electron chi connectivity index (χ1n) is 6.22. The molecule has 0 aliphatic carbocycles. The van der Waals surface area contributed by atoms with Crippen LogP contribution in [0.4, 0.5) is 5.69 Å². The lowest BCUT2D eigenvalue weighted by Gasteiger charge is -2.16. The maximum Gasteiger partial charge on any atom is 0.0682 e. The van der Waals surface area contributed by atoms with Gasteiger partial charge in [-0.05, 0) is 37.1 Å². The molecule has 1 atom stereocenters. The van der Waals surface area contributed by atoms with Gasteiger partial charge in [0.05, 0.1) is 6.61 Å². The van der Waals surface area contributed by atoms with E-state index in [1.165, 1.54) is 11.1 Å². The van der Waals surface area contributed by atoms with Gasteiger partial charge in [0, 0.05) is 11.7 Å². The van der Waals surface area contributed by atoms with Crippen molar-refractivity contribution in [1.82, 2.24) is 0 Å². The second-order valence-corrected chi connectivity index (χ2v) is 4.64. The number of aliphatic hydroxyl groups is 1. The summed E-state index contributed by atoms with van der Waals surface area (Å²) in [4.78, 5) is 0. The number of nitrogens with one attached hydrogen (secondary N) is 1. The van der Waals surface area contributed by atoms with Crippen LogP contribution in [0.15, 0.2) is 48.5 Å². The normalized spacial score (nSPS) is 12.2. The van der Waals surface area contributed by atoms with Crippen LogP contribution in [0.5, 0.6) is 0 Å². The van der Waals surface area contributed by atoms with Crippen LogP contribution in [-0.2, 0) is 6.61 Å². The maximum absolute atomic E-state index is 9.12. The summed E-state index contributed by atoms with van der Waals surface area (Å²) in [6.07, 6.45) is 0. The lowest BCUT2D eigenvalue weighted by molar-refractivity contribution is 0.282. The summed E-state index contributed by atoms with van der Waals surface area (Å²) in [6.45, 7) is 4.32. The Labute approximate surface area is 108 Å². The molecule has 0 heterocycles. The number of rotatable bonds is 4. The Morgan fingerprint density at radius 1 is 1.11 bits per heavy atom. The van der Waals surface area contributed by atoms with Gasteiger partial charge in [-0.1, -0.05) is 42.0 Å². The number of anilines is 1. The average molecular weight is 241 g/mol. The van der Waals surface area contributed by atoms with E-state index >= 15 is 0 Å². The second kappa shape index (κ2) is 5.69.